The van der Waals surface area contributed by atoms with Crippen LogP contribution in [0.2, 0.25) is 0 Å². The number of fused-ring (bicyclic) bond motifs is 1. The number of benzene rings is 1. The number of hydrogen-bond donors (Lipinski definition) is 0. The van der Waals surface area contributed by atoms with Crippen molar-refractivity contribution in [3.8, 4) is 11.5 Å². The van der Waals surface area contributed by atoms with Crippen molar-refractivity contribution in [2.75, 3.05) is 20.3 Å². The highest BCUT2D eigenvalue weighted by Crippen LogP contribution is 2.30. The monoisotopic (exact) mass is 236 g/mol. The van der Waals surface area contributed by atoms with E-state index in [1.165, 1.54) is 0 Å². The van der Waals surface area contributed by atoms with E-state index < -0.39 is 0 Å². The van der Waals surface area contributed by atoms with Crippen molar-refractivity contribution in [3.63, 3.8) is 0 Å². The molecule has 0 N–H and O–H groups in total. The van der Waals surface area contributed by atoms with Gasteiger partial charge in [0.25, 0.3) is 0 Å². The van der Waals surface area contributed by atoms with Crippen LogP contribution in [0.1, 0.15) is 12.5 Å². The average molecular weight is 236 g/mol. The minimum atomic E-state index is -0.213. The van der Waals surface area contributed by atoms with E-state index in [0.29, 0.717) is 19.6 Å². The summed E-state index contributed by atoms with van der Waals surface area (Å²) in [7, 11) is 1.62. The van der Waals surface area contributed by atoms with Gasteiger partial charge < -0.3 is 14.2 Å². The molecule has 92 valence electrons. The van der Waals surface area contributed by atoms with Gasteiger partial charge in [0.2, 0.25) is 0 Å². The van der Waals surface area contributed by atoms with Crippen molar-refractivity contribution in [1.29, 1.82) is 0 Å². The van der Waals surface area contributed by atoms with Crippen molar-refractivity contribution in [1.82, 2.24) is 0 Å². The second kappa shape index (κ2) is 5.08. The summed E-state index contributed by atoms with van der Waals surface area (Å²) in [6.45, 7) is 2.59. The predicted octanol–water partition coefficient (Wildman–Crippen LogP) is 1.81. The molecule has 0 aliphatic carbocycles. The molecule has 1 aliphatic rings. The van der Waals surface area contributed by atoms with Gasteiger partial charge >= 0.3 is 5.97 Å². The van der Waals surface area contributed by atoms with Crippen molar-refractivity contribution in [2.45, 2.75) is 13.3 Å². The number of ether oxygens (including phenoxy) is 3. The van der Waals surface area contributed by atoms with Gasteiger partial charge in [0.1, 0.15) is 18.1 Å². The van der Waals surface area contributed by atoms with Gasteiger partial charge in [0.05, 0.1) is 19.6 Å². The van der Waals surface area contributed by atoms with Crippen molar-refractivity contribution < 1.29 is 19.0 Å². The van der Waals surface area contributed by atoms with Gasteiger partial charge in [-0.05, 0) is 37.1 Å². The molecule has 0 unspecified atom stereocenters. The van der Waals surface area contributed by atoms with Crippen molar-refractivity contribution in [3.05, 3.63) is 23.8 Å². The van der Waals surface area contributed by atoms with Crippen LogP contribution in [0, 0.1) is 5.92 Å². The molecule has 0 amide bonds. The second-order valence-corrected chi connectivity index (χ2v) is 3.94. The predicted molar refractivity (Wildman–Crippen MR) is 62.3 cm³/mol. The summed E-state index contributed by atoms with van der Waals surface area (Å²) >= 11 is 0. The number of hydrogen-bond acceptors (Lipinski definition) is 4. The average Bonchev–Trinajstić information content (AvgIpc) is 2.37. The maximum Gasteiger partial charge on any atom is 0.312 e. The van der Waals surface area contributed by atoms with Crippen LogP contribution in [0.25, 0.3) is 0 Å². The first-order chi connectivity index (χ1) is 8.24. The van der Waals surface area contributed by atoms with E-state index in [4.69, 9.17) is 14.2 Å². The minimum absolute atomic E-state index is 0.194. The Hall–Kier alpha value is -1.71. The molecule has 0 radical (unpaired) electrons. The summed E-state index contributed by atoms with van der Waals surface area (Å²) in [5.74, 6) is 1.19. The SMILES string of the molecule is CCOC(=O)[C@H]1COc2ccc(OC)cc2C1. The Labute approximate surface area is 100 Å². The van der Waals surface area contributed by atoms with Crippen LogP contribution in [-0.4, -0.2) is 26.3 Å². The Kier molecular flexibility index (Phi) is 3.52. The Morgan fingerprint density at radius 1 is 1.53 bits per heavy atom. The quantitative estimate of drug-likeness (QED) is 0.751. The number of esters is 1. The molecule has 4 heteroatoms. The van der Waals surface area contributed by atoms with Gasteiger partial charge in [-0.15, -0.1) is 0 Å². The lowest BCUT2D eigenvalue weighted by Gasteiger charge is -2.24. The lowest BCUT2D eigenvalue weighted by atomic mass is 9.96. The van der Waals surface area contributed by atoms with Gasteiger partial charge in [-0.1, -0.05) is 0 Å². The molecule has 1 aromatic rings. The molecule has 2 rings (SSSR count). The molecule has 0 fully saturated rings. The van der Waals surface area contributed by atoms with E-state index in [-0.39, 0.29) is 11.9 Å². The highest BCUT2D eigenvalue weighted by Gasteiger charge is 2.27. The fourth-order valence-electron chi connectivity index (χ4n) is 1.91. The molecule has 0 aromatic heterocycles. The number of methoxy groups -OCH3 is 1. The lowest BCUT2D eigenvalue weighted by Crippen LogP contribution is -2.29. The Balaban J connectivity index is 2.14. The largest absolute Gasteiger partial charge is 0.497 e. The smallest absolute Gasteiger partial charge is 0.312 e. The number of carbonyl (C=O) groups excluding carboxylic acids is 1. The maximum absolute atomic E-state index is 11.6. The third-order valence-electron chi connectivity index (χ3n) is 2.79. The van der Waals surface area contributed by atoms with E-state index in [2.05, 4.69) is 0 Å². The first kappa shape index (κ1) is 11.8. The lowest BCUT2D eigenvalue weighted by molar-refractivity contribution is -0.149. The standard InChI is InChI=1S/C13H16O4/c1-3-16-13(14)10-6-9-7-11(15-2)4-5-12(9)17-8-10/h4-5,7,10H,3,6,8H2,1-2H3/t10-/m1/s1. The Morgan fingerprint density at radius 3 is 3.06 bits per heavy atom. The molecule has 4 nitrogen and oxygen atoms in total. The summed E-state index contributed by atoms with van der Waals surface area (Å²) in [6.07, 6.45) is 0.644. The van der Waals surface area contributed by atoms with Gasteiger partial charge in [-0.25, -0.2) is 0 Å². The molecule has 0 bridgehead atoms. The van der Waals surface area contributed by atoms with E-state index in [1.807, 2.05) is 18.2 Å². The zero-order chi connectivity index (χ0) is 12.3. The third kappa shape index (κ3) is 2.52. The Morgan fingerprint density at radius 2 is 2.35 bits per heavy atom. The van der Waals surface area contributed by atoms with Gasteiger partial charge in [0.15, 0.2) is 0 Å². The van der Waals surface area contributed by atoms with Crippen LogP contribution in [0.4, 0.5) is 0 Å². The summed E-state index contributed by atoms with van der Waals surface area (Å²) in [5.41, 5.74) is 0.994. The van der Waals surface area contributed by atoms with E-state index in [1.54, 1.807) is 14.0 Å². The molecule has 1 heterocycles. The van der Waals surface area contributed by atoms with Crippen molar-refractivity contribution >= 4 is 5.97 Å². The highest BCUT2D eigenvalue weighted by molar-refractivity contribution is 5.73. The van der Waals surface area contributed by atoms with Crippen LogP contribution >= 0.6 is 0 Å². The van der Waals surface area contributed by atoms with Crippen LogP contribution in [0.15, 0.2) is 18.2 Å². The van der Waals surface area contributed by atoms with Crippen LogP contribution in [-0.2, 0) is 16.0 Å². The van der Waals surface area contributed by atoms with Crippen LogP contribution in [0.3, 0.4) is 0 Å². The first-order valence-electron chi connectivity index (χ1n) is 5.71. The molecule has 1 atom stereocenters. The van der Waals surface area contributed by atoms with Crippen LogP contribution in [0.5, 0.6) is 11.5 Å². The molecule has 0 saturated heterocycles. The number of rotatable bonds is 3. The first-order valence-corrected chi connectivity index (χ1v) is 5.71. The normalized spacial score (nSPS) is 17.9. The minimum Gasteiger partial charge on any atom is -0.497 e. The topological polar surface area (TPSA) is 44.8 Å². The zero-order valence-electron chi connectivity index (χ0n) is 10.1. The zero-order valence-corrected chi connectivity index (χ0v) is 10.1. The van der Waals surface area contributed by atoms with Crippen molar-refractivity contribution in [2.24, 2.45) is 5.92 Å². The highest BCUT2D eigenvalue weighted by atomic mass is 16.5. The maximum atomic E-state index is 11.6. The second-order valence-electron chi connectivity index (χ2n) is 3.94. The Bertz CT molecular complexity index is 414. The van der Waals surface area contributed by atoms with E-state index >= 15 is 0 Å². The van der Waals surface area contributed by atoms with Gasteiger partial charge in [-0.2, -0.15) is 0 Å². The summed E-state index contributed by atoms with van der Waals surface area (Å²) < 4.78 is 15.7. The van der Waals surface area contributed by atoms with E-state index in [0.717, 1.165) is 17.1 Å². The summed E-state index contributed by atoms with van der Waals surface area (Å²) in [5, 5.41) is 0. The molecule has 17 heavy (non-hydrogen) atoms. The fourth-order valence-corrected chi connectivity index (χ4v) is 1.91. The van der Waals surface area contributed by atoms with Gasteiger partial charge in [0, 0.05) is 0 Å². The number of carbonyl (C=O) groups is 1. The molecular weight excluding hydrogens is 220 g/mol. The molecule has 1 aliphatic heterocycles. The summed E-state index contributed by atoms with van der Waals surface area (Å²) in [4.78, 5) is 11.6. The summed E-state index contributed by atoms with van der Waals surface area (Å²) in [6, 6.07) is 5.62. The molecule has 0 saturated carbocycles. The van der Waals surface area contributed by atoms with E-state index in [9.17, 15) is 4.79 Å². The van der Waals surface area contributed by atoms with Gasteiger partial charge in [-0.3, -0.25) is 4.79 Å². The fraction of sp³-hybridized carbons (Fsp3) is 0.462. The molecule has 0 spiro atoms. The third-order valence-corrected chi connectivity index (χ3v) is 2.79. The molecule has 1 aromatic carbocycles. The molecular formula is C13H16O4. The van der Waals surface area contributed by atoms with Crippen LogP contribution < -0.4 is 9.47 Å².